The number of carbonyl (C=O) groups is 1. The van der Waals surface area contributed by atoms with Crippen LogP contribution in [0.25, 0.3) is 0 Å². The fraction of sp³-hybridized carbons (Fsp3) is 0.727. The fourth-order valence-corrected chi connectivity index (χ4v) is 1.27. The molecule has 13 heavy (non-hydrogen) atoms. The zero-order chi connectivity index (χ0) is 10.2. The van der Waals surface area contributed by atoms with Crippen molar-refractivity contribution in [2.24, 2.45) is 0 Å². The summed E-state index contributed by atoms with van der Waals surface area (Å²) in [7, 11) is 4.28. The van der Waals surface area contributed by atoms with Gasteiger partial charge in [-0.1, -0.05) is 0 Å². The summed E-state index contributed by atoms with van der Waals surface area (Å²) >= 11 is 0. The molecule has 0 aromatic carbocycles. The van der Waals surface area contributed by atoms with E-state index in [1.54, 1.807) is 0 Å². The van der Waals surface area contributed by atoms with Crippen molar-refractivity contribution in [2.45, 2.75) is 25.7 Å². The van der Waals surface area contributed by atoms with E-state index in [4.69, 9.17) is 6.42 Å². The van der Waals surface area contributed by atoms with Crippen molar-refractivity contribution in [1.82, 2.24) is 0 Å². The molecule has 0 amide bonds. The number of rotatable bonds is 7. The van der Waals surface area contributed by atoms with E-state index in [0.29, 0.717) is 6.42 Å². The second-order valence-corrected chi connectivity index (χ2v) is 4.04. The summed E-state index contributed by atoms with van der Waals surface area (Å²) in [5.41, 5.74) is 0. The number of quaternary nitrogens is 1. The molecule has 0 aliphatic carbocycles. The quantitative estimate of drug-likeness (QED) is 0.252. The molecule has 0 spiro atoms. The van der Waals surface area contributed by atoms with Gasteiger partial charge in [0.05, 0.1) is 20.6 Å². The van der Waals surface area contributed by atoms with Crippen LogP contribution in [0.2, 0.25) is 0 Å². The lowest BCUT2D eigenvalue weighted by Gasteiger charge is -2.27. The molecule has 0 atom stereocenters. The second-order valence-electron chi connectivity index (χ2n) is 4.04. The van der Waals surface area contributed by atoms with Gasteiger partial charge < -0.3 is 9.28 Å². The van der Waals surface area contributed by atoms with Gasteiger partial charge in [0, 0.05) is 6.42 Å². The zero-order valence-electron chi connectivity index (χ0n) is 8.75. The number of unbranched alkanes of at least 4 members (excludes halogenated alkanes) is 3. The van der Waals surface area contributed by atoms with Crippen molar-refractivity contribution in [2.75, 3.05) is 27.2 Å². The van der Waals surface area contributed by atoms with Gasteiger partial charge in [-0.05, 0) is 25.2 Å². The molecule has 0 saturated heterocycles. The Hall–Kier alpha value is -0.810. The van der Waals surface area contributed by atoms with Crippen LogP contribution in [-0.4, -0.2) is 38.0 Å². The van der Waals surface area contributed by atoms with E-state index in [9.17, 15) is 4.79 Å². The molecule has 0 aromatic rings. The number of hydrogen-bond acceptors (Lipinski definition) is 1. The van der Waals surface area contributed by atoms with Gasteiger partial charge in [0.1, 0.15) is 12.8 Å². The highest BCUT2D eigenvalue weighted by molar-refractivity contribution is 5.48. The minimum atomic E-state index is 0.697. The van der Waals surface area contributed by atoms with Crippen LogP contribution in [0, 0.1) is 12.3 Å². The number of nitrogens with zero attached hydrogens (tertiary/aromatic N) is 1. The molecule has 0 bridgehead atoms. The Morgan fingerprint density at radius 2 is 2.00 bits per heavy atom. The Balaban J connectivity index is 3.41. The van der Waals surface area contributed by atoms with E-state index >= 15 is 0 Å². The number of carbonyl (C=O) groups excluding carboxylic acids is 1. The molecule has 2 heteroatoms. The number of terminal acetylenes is 1. The van der Waals surface area contributed by atoms with Crippen LogP contribution in [0.15, 0.2) is 0 Å². The zero-order valence-corrected chi connectivity index (χ0v) is 8.75. The molecule has 0 heterocycles. The van der Waals surface area contributed by atoms with Gasteiger partial charge in [0.2, 0.25) is 0 Å². The summed E-state index contributed by atoms with van der Waals surface area (Å²) in [4.78, 5) is 10.0. The molecule has 0 aliphatic heterocycles. The summed E-state index contributed by atoms with van der Waals surface area (Å²) in [5.74, 6) is 2.68. The summed E-state index contributed by atoms with van der Waals surface area (Å²) in [6, 6.07) is 0. The lowest BCUT2D eigenvalue weighted by Crippen LogP contribution is -2.40. The van der Waals surface area contributed by atoms with Gasteiger partial charge in [-0.15, -0.1) is 6.42 Å². The lowest BCUT2D eigenvalue weighted by molar-refractivity contribution is -0.883. The molecule has 74 valence electrons. The Labute approximate surface area is 81.5 Å². The van der Waals surface area contributed by atoms with Gasteiger partial charge in [-0.3, -0.25) is 0 Å². The van der Waals surface area contributed by atoms with E-state index in [1.807, 2.05) is 0 Å². The maximum absolute atomic E-state index is 10.0. The number of aldehydes is 1. The summed E-state index contributed by atoms with van der Waals surface area (Å²) in [5, 5.41) is 0. The lowest BCUT2D eigenvalue weighted by atomic mass is 10.2. The Kier molecular flexibility index (Phi) is 6.26. The first kappa shape index (κ1) is 12.2. The molecule has 0 aromatic heterocycles. The molecule has 0 fully saturated rings. The maximum atomic E-state index is 10.0. The second kappa shape index (κ2) is 6.68. The third-order valence-electron chi connectivity index (χ3n) is 2.10. The van der Waals surface area contributed by atoms with Crippen molar-refractivity contribution < 1.29 is 9.28 Å². The van der Waals surface area contributed by atoms with Gasteiger partial charge in [0.25, 0.3) is 0 Å². The predicted molar refractivity (Wildman–Crippen MR) is 55.2 cm³/mol. The first-order chi connectivity index (χ1) is 6.12. The molecule has 0 radical (unpaired) electrons. The van der Waals surface area contributed by atoms with Gasteiger partial charge >= 0.3 is 0 Å². The largest absolute Gasteiger partial charge is 0.318 e. The van der Waals surface area contributed by atoms with Crippen LogP contribution in [0.1, 0.15) is 25.7 Å². The minimum Gasteiger partial charge on any atom is -0.318 e. The number of hydrogen-bond donors (Lipinski definition) is 0. The Morgan fingerprint density at radius 3 is 2.54 bits per heavy atom. The molecule has 0 saturated carbocycles. The summed E-state index contributed by atoms with van der Waals surface area (Å²) in [6.07, 6.45) is 10.2. The Morgan fingerprint density at radius 1 is 1.31 bits per heavy atom. The van der Waals surface area contributed by atoms with Crippen molar-refractivity contribution in [3.05, 3.63) is 0 Å². The van der Waals surface area contributed by atoms with E-state index < -0.39 is 0 Å². The summed E-state index contributed by atoms with van der Waals surface area (Å²) < 4.78 is 0.886. The monoisotopic (exact) mass is 182 g/mol. The van der Waals surface area contributed by atoms with Crippen molar-refractivity contribution in [1.29, 1.82) is 0 Å². The smallest absolute Gasteiger partial charge is 0.140 e. The average molecular weight is 182 g/mol. The molecule has 0 N–H and O–H groups in total. The molecule has 0 rings (SSSR count). The maximum Gasteiger partial charge on any atom is 0.140 e. The first-order valence-electron chi connectivity index (χ1n) is 4.81. The average Bonchev–Trinajstić information content (AvgIpc) is 2.04. The van der Waals surface area contributed by atoms with E-state index in [-0.39, 0.29) is 0 Å². The van der Waals surface area contributed by atoms with Gasteiger partial charge in [-0.25, -0.2) is 0 Å². The molecule has 2 nitrogen and oxygen atoms in total. The van der Waals surface area contributed by atoms with Crippen molar-refractivity contribution in [3.8, 4) is 12.3 Å². The molecule has 0 unspecified atom stereocenters. The summed E-state index contributed by atoms with van der Waals surface area (Å²) in [6.45, 7) is 1.89. The SMILES string of the molecule is C#CC[N+](C)(C)CCCCCC=O. The van der Waals surface area contributed by atoms with Crippen molar-refractivity contribution >= 4 is 6.29 Å². The van der Waals surface area contributed by atoms with E-state index in [0.717, 1.165) is 43.1 Å². The molecule has 0 aliphatic rings. The topological polar surface area (TPSA) is 17.1 Å². The minimum absolute atomic E-state index is 0.697. The molecular formula is C11H20NO+. The third-order valence-corrected chi connectivity index (χ3v) is 2.10. The highest BCUT2D eigenvalue weighted by atomic mass is 16.1. The predicted octanol–water partition coefficient (Wildman–Crippen LogP) is 1.46. The van der Waals surface area contributed by atoms with Crippen LogP contribution < -0.4 is 0 Å². The highest BCUT2D eigenvalue weighted by Crippen LogP contribution is 2.03. The van der Waals surface area contributed by atoms with Crippen LogP contribution >= 0.6 is 0 Å². The van der Waals surface area contributed by atoms with Crippen LogP contribution in [-0.2, 0) is 4.79 Å². The van der Waals surface area contributed by atoms with E-state index in [1.165, 1.54) is 0 Å². The van der Waals surface area contributed by atoms with Gasteiger partial charge in [-0.2, -0.15) is 0 Å². The van der Waals surface area contributed by atoms with Crippen molar-refractivity contribution in [3.63, 3.8) is 0 Å². The Bertz CT molecular complexity index is 179. The fourth-order valence-electron chi connectivity index (χ4n) is 1.27. The molecular weight excluding hydrogens is 162 g/mol. The first-order valence-corrected chi connectivity index (χ1v) is 4.81. The standard InChI is InChI=1S/C11H20NO/c1-4-9-12(2,3)10-7-5-6-8-11-13/h1,11H,5-10H2,2-3H3/q+1. The van der Waals surface area contributed by atoms with E-state index in [2.05, 4.69) is 20.0 Å². The normalized spacial score (nSPS) is 10.8. The van der Waals surface area contributed by atoms with Gasteiger partial charge in [0.15, 0.2) is 0 Å². The highest BCUT2D eigenvalue weighted by Gasteiger charge is 2.11. The third kappa shape index (κ3) is 7.55. The van der Waals surface area contributed by atoms with Crippen LogP contribution in [0.3, 0.4) is 0 Å². The van der Waals surface area contributed by atoms with Crippen LogP contribution in [0.5, 0.6) is 0 Å². The van der Waals surface area contributed by atoms with Crippen LogP contribution in [0.4, 0.5) is 0 Å².